The molecule has 1 aromatic carbocycles. The predicted octanol–water partition coefficient (Wildman–Crippen LogP) is 4.23. The summed E-state index contributed by atoms with van der Waals surface area (Å²) in [6.07, 6.45) is 7.41. The van der Waals surface area contributed by atoms with E-state index in [-0.39, 0.29) is 11.3 Å². The minimum atomic E-state index is -0.0971. The van der Waals surface area contributed by atoms with Crippen LogP contribution in [0.5, 0.6) is 0 Å². The van der Waals surface area contributed by atoms with Gasteiger partial charge >= 0.3 is 0 Å². The number of hydrogen-bond acceptors (Lipinski definition) is 5. The maximum atomic E-state index is 12.6. The third kappa shape index (κ3) is 5.60. The van der Waals surface area contributed by atoms with Crippen molar-refractivity contribution in [1.82, 2.24) is 19.9 Å². The van der Waals surface area contributed by atoms with Crippen LogP contribution in [0.2, 0.25) is 0 Å². The molecule has 0 saturated heterocycles. The second kappa shape index (κ2) is 8.82. The van der Waals surface area contributed by atoms with Crippen molar-refractivity contribution in [3.8, 4) is 0 Å². The fourth-order valence-electron chi connectivity index (χ4n) is 2.85. The van der Waals surface area contributed by atoms with Gasteiger partial charge in [0.2, 0.25) is 5.95 Å². The molecule has 1 amide bonds. The Morgan fingerprint density at radius 3 is 2.21 bits per heavy atom. The van der Waals surface area contributed by atoms with E-state index in [1.807, 2.05) is 24.3 Å². The van der Waals surface area contributed by atoms with Crippen LogP contribution in [0, 0.1) is 0 Å². The molecule has 1 N–H and O–H groups in total. The molecule has 0 aliphatic heterocycles. The molecule has 0 spiro atoms. The number of likely N-dealkylation sites (N-methyl/N-ethyl adjacent to an activating group) is 1. The first-order chi connectivity index (χ1) is 13.8. The highest BCUT2D eigenvalue weighted by molar-refractivity contribution is 5.93. The highest BCUT2D eigenvalue weighted by Gasteiger charge is 2.14. The van der Waals surface area contributed by atoms with E-state index < -0.39 is 0 Å². The lowest BCUT2D eigenvalue weighted by Gasteiger charge is -2.19. The van der Waals surface area contributed by atoms with Gasteiger partial charge in [-0.2, -0.15) is 0 Å². The van der Waals surface area contributed by atoms with Crippen molar-refractivity contribution < 1.29 is 4.79 Å². The molecule has 6 heteroatoms. The van der Waals surface area contributed by atoms with Crippen LogP contribution in [0.25, 0.3) is 0 Å². The van der Waals surface area contributed by atoms with Gasteiger partial charge < -0.3 is 10.2 Å². The molecule has 0 saturated carbocycles. The molecule has 150 valence electrons. The van der Waals surface area contributed by atoms with Crippen molar-refractivity contribution in [2.75, 3.05) is 18.9 Å². The number of aromatic nitrogens is 3. The van der Waals surface area contributed by atoms with E-state index >= 15 is 0 Å². The van der Waals surface area contributed by atoms with Crippen molar-refractivity contribution in [3.05, 3.63) is 77.9 Å². The molecule has 2 aromatic heterocycles. The lowest BCUT2D eigenvalue weighted by atomic mass is 9.87. The largest absolute Gasteiger partial charge is 0.341 e. The maximum absolute atomic E-state index is 12.6. The zero-order valence-corrected chi connectivity index (χ0v) is 17.4. The first kappa shape index (κ1) is 20.5. The molecule has 29 heavy (non-hydrogen) atoms. The lowest BCUT2D eigenvalue weighted by molar-refractivity contribution is 0.0796. The number of pyridine rings is 1. The van der Waals surface area contributed by atoms with E-state index in [0.29, 0.717) is 18.1 Å². The van der Waals surface area contributed by atoms with Crippen molar-refractivity contribution in [3.63, 3.8) is 0 Å². The number of carbonyl (C=O) groups is 1. The SMILES string of the molecule is CN(CCc1ccncc1)C(=O)c1cnc(Nc2ccc(C(C)(C)C)cc2)nc1. The molecule has 0 unspecified atom stereocenters. The van der Waals surface area contributed by atoms with Crippen LogP contribution < -0.4 is 5.32 Å². The molecule has 0 radical (unpaired) electrons. The summed E-state index contributed by atoms with van der Waals surface area (Å²) >= 11 is 0. The molecule has 6 nitrogen and oxygen atoms in total. The second-order valence-electron chi connectivity index (χ2n) is 8.08. The monoisotopic (exact) mass is 389 g/mol. The molecule has 0 aliphatic carbocycles. The van der Waals surface area contributed by atoms with Crippen LogP contribution >= 0.6 is 0 Å². The summed E-state index contributed by atoms with van der Waals surface area (Å²) in [7, 11) is 1.78. The number of hydrogen-bond donors (Lipinski definition) is 1. The number of anilines is 2. The predicted molar refractivity (Wildman–Crippen MR) is 115 cm³/mol. The minimum absolute atomic E-state index is 0.0971. The Labute approximate surface area is 172 Å². The fourth-order valence-corrected chi connectivity index (χ4v) is 2.85. The van der Waals surface area contributed by atoms with Gasteiger partial charge in [0.15, 0.2) is 0 Å². The Morgan fingerprint density at radius 1 is 1.00 bits per heavy atom. The Balaban J connectivity index is 1.58. The fraction of sp³-hybridized carbons (Fsp3) is 0.304. The van der Waals surface area contributed by atoms with Crippen molar-refractivity contribution in [2.45, 2.75) is 32.6 Å². The summed E-state index contributed by atoms with van der Waals surface area (Å²) in [5, 5.41) is 3.17. The van der Waals surface area contributed by atoms with E-state index in [1.165, 1.54) is 5.56 Å². The Hall–Kier alpha value is -3.28. The number of carbonyl (C=O) groups excluding carboxylic acids is 1. The van der Waals surface area contributed by atoms with Gasteiger partial charge in [-0.1, -0.05) is 32.9 Å². The summed E-state index contributed by atoms with van der Waals surface area (Å²) in [6, 6.07) is 12.1. The summed E-state index contributed by atoms with van der Waals surface area (Å²) in [6.45, 7) is 7.16. The first-order valence-electron chi connectivity index (χ1n) is 9.67. The minimum Gasteiger partial charge on any atom is -0.341 e. The smallest absolute Gasteiger partial charge is 0.256 e. The van der Waals surface area contributed by atoms with Gasteiger partial charge in [-0.15, -0.1) is 0 Å². The average molecular weight is 390 g/mol. The zero-order chi connectivity index (χ0) is 20.9. The highest BCUT2D eigenvalue weighted by Crippen LogP contribution is 2.24. The topological polar surface area (TPSA) is 71.0 Å². The summed E-state index contributed by atoms with van der Waals surface area (Å²) in [5.74, 6) is 0.365. The van der Waals surface area contributed by atoms with Crippen LogP contribution in [-0.4, -0.2) is 39.4 Å². The lowest BCUT2D eigenvalue weighted by Crippen LogP contribution is -2.29. The van der Waals surface area contributed by atoms with Gasteiger partial charge in [0.1, 0.15) is 0 Å². The Kier molecular flexibility index (Phi) is 6.22. The summed E-state index contributed by atoms with van der Waals surface area (Å²) in [5.41, 5.74) is 3.90. The third-order valence-electron chi connectivity index (χ3n) is 4.74. The Bertz CT molecular complexity index is 932. The van der Waals surface area contributed by atoms with Crippen LogP contribution in [0.1, 0.15) is 42.3 Å². The van der Waals surface area contributed by atoms with E-state index in [1.54, 1.807) is 36.7 Å². The molecule has 0 bridgehead atoms. The van der Waals surface area contributed by atoms with E-state index in [9.17, 15) is 4.79 Å². The Morgan fingerprint density at radius 2 is 1.62 bits per heavy atom. The zero-order valence-electron chi connectivity index (χ0n) is 17.4. The number of nitrogens with one attached hydrogen (secondary N) is 1. The number of amides is 1. The van der Waals surface area contributed by atoms with Gasteiger partial charge in [0.05, 0.1) is 5.56 Å². The summed E-state index contributed by atoms with van der Waals surface area (Å²) < 4.78 is 0. The molecule has 0 fully saturated rings. The van der Waals surface area contributed by atoms with Gasteiger partial charge in [0.25, 0.3) is 5.91 Å². The molecule has 3 aromatic rings. The maximum Gasteiger partial charge on any atom is 0.256 e. The van der Waals surface area contributed by atoms with Gasteiger partial charge in [0, 0.05) is 44.1 Å². The highest BCUT2D eigenvalue weighted by atomic mass is 16.2. The second-order valence-corrected chi connectivity index (χ2v) is 8.08. The molecule has 2 heterocycles. The van der Waals surface area contributed by atoms with Gasteiger partial charge in [-0.05, 0) is 47.2 Å². The first-order valence-corrected chi connectivity index (χ1v) is 9.67. The number of rotatable bonds is 6. The van der Waals surface area contributed by atoms with Crippen LogP contribution in [0.3, 0.4) is 0 Å². The van der Waals surface area contributed by atoms with Crippen LogP contribution in [0.4, 0.5) is 11.6 Å². The number of benzene rings is 1. The standard InChI is InChI=1S/C23H27N5O/c1-23(2,3)19-5-7-20(8-6-19)27-22-25-15-18(16-26-22)21(29)28(4)14-11-17-9-12-24-13-10-17/h5-10,12-13,15-16H,11,14H2,1-4H3,(H,25,26,27). The van der Waals surface area contributed by atoms with Crippen LogP contribution in [-0.2, 0) is 11.8 Å². The van der Waals surface area contributed by atoms with Crippen molar-refractivity contribution in [1.29, 1.82) is 0 Å². The van der Waals surface area contributed by atoms with Gasteiger partial charge in [-0.3, -0.25) is 9.78 Å². The summed E-state index contributed by atoms with van der Waals surface area (Å²) in [4.78, 5) is 26.8. The normalized spacial score (nSPS) is 11.2. The molecular weight excluding hydrogens is 362 g/mol. The van der Waals surface area contributed by atoms with Crippen LogP contribution in [0.15, 0.2) is 61.2 Å². The van der Waals surface area contributed by atoms with Crippen molar-refractivity contribution >= 4 is 17.5 Å². The molecule has 0 atom stereocenters. The third-order valence-corrected chi connectivity index (χ3v) is 4.74. The average Bonchev–Trinajstić information content (AvgIpc) is 2.72. The van der Waals surface area contributed by atoms with E-state index in [4.69, 9.17) is 0 Å². The quantitative estimate of drug-likeness (QED) is 0.683. The molecular formula is C23H27N5O. The molecule has 3 rings (SSSR count). The van der Waals surface area contributed by atoms with Crippen molar-refractivity contribution in [2.24, 2.45) is 0 Å². The van der Waals surface area contributed by atoms with Gasteiger partial charge in [-0.25, -0.2) is 9.97 Å². The van der Waals surface area contributed by atoms with E-state index in [0.717, 1.165) is 17.7 Å². The van der Waals surface area contributed by atoms with E-state index in [2.05, 4.69) is 53.2 Å². The number of nitrogens with zero attached hydrogens (tertiary/aromatic N) is 4. The molecule has 0 aliphatic rings.